The number of hydrogen-bond donors (Lipinski definition) is 0. The largest absolute Gasteiger partial charge is 0.460 e. The fourth-order valence-corrected chi connectivity index (χ4v) is 5.46. The molecule has 2 aliphatic heterocycles. The number of esters is 1. The Kier molecular flexibility index (Phi) is 6.88. The van der Waals surface area contributed by atoms with Crippen LogP contribution in [0.3, 0.4) is 0 Å². The van der Waals surface area contributed by atoms with Crippen molar-refractivity contribution in [3.8, 4) is 0 Å². The fraction of sp³-hybridized carbons (Fsp3) is 0.409. The van der Waals surface area contributed by atoms with Gasteiger partial charge in [-0.1, -0.05) is 30.5 Å². The lowest BCUT2D eigenvalue weighted by atomic mass is 10.0. The molecule has 1 aromatic carbocycles. The molecule has 3 rings (SSSR count). The molecule has 8 heteroatoms. The second-order valence-electron chi connectivity index (χ2n) is 7.15. The Hall–Kier alpha value is -2.32. The van der Waals surface area contributed by atoms with Crippen molar-refractivity contribution in [3.05, 3.63) is 47.0 Å². The number of hydrogen-bond acceptors (Lipinski definition) is 6. The summed E-state index contributed by atoms with van der Waals surface area (Å²) in [5.74, 6) is -0.468. The van der Waals surface area contributed by atoms with Gasteiger partial charge in [-0.15, -0.1) is 0 Å². The van der Waals surface area contributed by atoms with E-state index in [-0.39, 0.29) is 18.6 Å². The molecule has 1 unspecified atom stereocenters. The molecule has 2 heterocycles. The second kappa shape index (κ2) is 9.22. The van der Waals surface area contributed by atoms with Gasteiger partial charge in [0.2, 0.25) is 0 Å². The molecule has 1 aromatic rings. The number of carbonyl (C=O) groups excluding carboxylic acids is 2. The molecule has 1 fully saturated rings. The summed E-state index contributed by atoms with van der Waals surface area (Å²) in [6, 6.07) is 7.87. The zero-order valence-electron chi connectivity index (χ0n) is 17.8. The van der Waals surface area contributed by atoms with Crippen molar-refractivity contribution in [1.82, 2.24) is 9.80 Å². The number of thioether (sulfide) groups is 1. The highest BCUT2D eigenvalue weighted by atomic mass is 32.2. The van der Waals surface area contributed by atoms with Crippen molar-refractivity contribution >= 4 is 46.7 Å². The smallest absolute Gasteiger partial charge is 0.333 e. The first-order valence-electron chi connectivity index (χ1n) is 10.0. The number of amides is 1. The van der Waals surface area contributed by atoms with E-state index in [1.165, 1.54) is 0 Å². The maximum atomic E-state index is 13.4. The standard InChI is InChI=1S/C22H27N3O3S2/c1-6-23-15(5)18(19(26)24(7-2)22(23)29)20-25(12-13-28-21(27)14(3)4)16-10-8-9-11-17(16)30-20/h8-11,15H,3,6-7,12-13H2,1-2,4-5H3/b20-18+. The van der Waals surface area contributed by atoms with Crippen molar-refractivity contribution in [2.75, 3.05) is 31.1 Å². The summed E-state index contributed by atoms with van der Waals surface area (Å²) in [4.78, 5) is 32.1. The monoisotopic (exact) mass is 445 g/mol. The normalized spacial score (nSPS) is 21.2. The molecule has 0 spiro atoms. The fourth-order valence-electron chi connectivity index (χ4n) is 3.66. The van der Waals surface area contributed by atoms with Crippen molar-refractivity contribution in [1.29, 1.82) is 0 Å². The van der Waals surface area contributed by atoms with Crippen molar-refractivity contribution < 1.29 is 14.3 Å². The molecule has 1 amide bonds. The third kappa shape index (κ3) is 3.98. The number of ether oxygens (including phenoxy) is 1. The van der Waals surface area contributed by atoms with Gasteiger partial charge in [0.05, 0.1) is 28.9 Å². The van der Waals surface area contributed by atoms with Gasteiger partial charge < -0.3 is 14.5 Å². The van der Waals surface area contributed by atoms with Gasteiger partial charge in [-0.25, -0.2) is 4.79 Å². The van der Waals surface area contributed by atoms with Crippen LogP contribution < -0.4 is 4.90 Å². The number of thiocarbonyl (C=S) groups is 1. The number of benzene rings is 1. The van der Waals surface area contributed by atoms with Gasteiger partial charge in [0.15, 0.2) is 5.11 Å². The number of likely N-dealkylation sites (N-methyl/N-ethyl adjacent to an activating group) is 2. The summed E-state index contributed by atoms with van der Waals surface area (Å²) in [5.41, 5.74) is 2.10. The van der Waals surface area contributed by atoms with E-state index in [1.807, 2.05) is 45.0 Å². The SMILES string of the molecule is C=C(C)C(=O)OCCN1/C(=C2\C(=O)N(CC)C(=S)N(CC)C2C)Sc2ccccc21. The van der Waals surface area contributed by atoms with E-state index in [0.717, 1.165) is 21.2 Å². The first-order chi connectivity index (χ1) is 14.3. The van der Waals surface area contributed by atoms with E-state index in [9.17, 15) is 9.59 Å². The van der Waals surface area contributed by atoms with E-state index >= 15 is 0 Å². The van der Waals surface area contributed by atoms with Crippen LogP contribution in [0.1, 0.15) is 27.7 Å². The van der Waals surface area contributed by atoms with E-state index in [1.54, 1.807) is 23.6 Å². The topological polar surface area (TPSA) is 53.1 Å². The van der Waals surface area contributed by atoms with Gasteiger partial charge in [0.1, 0.15) is 6.61 Å². The van der Waals surface area contributed by atoms with Gasteiger partial charge in [-0.05, 0) is 52.0 Å². The summed E-state index contributed by atoms with van der Waals surface area (Å²) in [6.45, 7) is 13.1. The molecular formula is C22H27N3O3S2. The van der Waals surface area contributed by atoms with Gasteiger partial charge in [-0.3, -0.25) is 9.69 Å². The first kappa shape index (κ1) is 22.4. The van der Waals surface area contributed by atoms with Gasteiger partial charge in [0, 0.05) is 23.6 Å². The van der Waals surface area contributed by atoms with Crippen LogP contribution in [0.15, 0.2) is 51.9 Å². The highest BCUT2D eigenvalue weighted by Crippen LogP contribution is 2.48. The Bertz CT molecular complexity index is 928. The number of fused-ring (bicyclic) bond motifs is 1. The minimum atomic E-state index is -0.411. The van der Waals surface area contributed by atoms with Crippen molar-refractivity contribution in [2.24, 2.45) is 0 Å². The Morgan fingerprint density at radius 3 is 2.57 bits per heavy atom. The molecule has 0 bridgehead atoms. The Labute approximate surface area is 187 Å². The molecule has 0 aliphatic carbocycles. The maximum Gasteiger partial charge on any atom is 0.333 e. The Balaban J connectivity index is 2.01. The quantitative estimate of drug-likeness (QED) is 0.375. The summed E-state index contributed by atoms with van der Waals surface area (Å²) >= 11 is 7.15. The lowest BCUT2D eigenvalue weighted by molar-refractivity contribution is -0.138. The summed E-state index contributed by atoms with van der Waals surface area (Å²) in [5, 5.41) is 1.45. The third-order valence-corrected chi connectivity index (χ3v) is 6.88. The minimum absolute atomic E-state index is 0.0565. The molecule has 1 saturated heterocycles. The van der Waals surface area contributed by atoms with E-state index < -0.39 is 5.97 Å². The number of nitrogens with zero attached hydrogens (tertiary/aromatic N) is 3. The van der Waals surface area contributed by atoms with Crippen LogP contribution in [0.5, 0.6) is 0 Å². The first-order valence-corrected chi connectivity index (χ1v) is 11.3. The highest BCUT2D eigenvalue weighted by Gasteiger charge is 2.41. The molecule has 6 nitrogen and oxygen atoms in total. The molecule has 1 atom stereocenters. The molecule has 0 N–H and O–H groups in total. The Morgan fingerprint density at radius 1 is 1.23 bits per heavy atom. The van der Waals surface area contributed by atoms with E-state index in [4.69, 9.17) is 17.0 Å². The van der Waals surface area contributed by atoms with Gasteiger partial charge in [-0.2, -0.15) is 0 Å². The number of anilines is 1. The minimum Gasteiger partial charge on any atom is -0.460 e. The average Bonchev–Trinajstić information content (AvgIpc) is 3.06. The van der Waals surface area contributed by atoms with Gasteiger partial charge >= 0.3 is 5.97 Å². The van der Waals surface area contributed by atoms with Crippen LogP contribution in [0.4, 0.5) is 5.69 Å². The van der Waals surface area contributed by atoms with Crippen molar-refractivity contribution in [2.45, 2.75) is 38.6 Å². The van der Waals surface area contributed by atoms with Crippen LogP contribution in [0.25, 0.3) is 0 Å². The van der Waals surface area contributed by atoms with Crippen LogP contribution in [0, 0.1) is 0 Å². The average molecular weight is 446 g/mol. The maximum absolute atomic E-state index is 13.4. The van der Waals surface area contributed by atoms with Crippen LogP contribution in [0.2, 0.25) is 0 Å². The molecule has 160 valence electrons. The molecule has 0 aromatic heterocycles. The summed E-state index contributed by atoms with van der Waals surface area (Å²) in [6.07, 6.45) is 0. The predicted molar refractivity (Wildman–Crippen MR) is 124 cm³/mol. The molecular weight excluding hydrogens is 418 g/mol. The predicted octanol–water partition coefficient (Wildman–Crippen LogP) is 3.79. The third-order valence-electron chi connectivity index (χ3n) is 5.23. The number of rotatable bonds is 6. The van der Waals surface area contributed by atoms with Crippen LogP contribution in [-0.4, -0.2) is 59.1 Å². The zero-order valence-corrected chi connectivity index (χ0v) is 19.4. The van der Waals surface area contributed by atoms with Crippen molar-refractivity contribution in [3.63, 3.8) is 0 Å². The van der Waals surface area contributed by atoms with Gasteiger partial charge in [0.25, 0.3) is 5.91 Å². The molecule has 2 aliphatic rings. The highest BCUT2D eigenvalue weighted by molar-refractivity contribution is 8.03. The lowest BCUT2D eigenvalue weighted by Crippen LogP contribution is -2.57. The zero-order chi connectivity index (χ0) is 22.0. The van der Waals surface area contributed by atoms with E-state index in [0.29, 0.717) is 30.3 Å². The molecule has 0 saturated carbocycles. The number of para-hydroxylation sites is 1. The van der Waals surface area contributed by atoms with E-state index in [2.05, 4.69) is 16.4 Å². The number of carbonyl (C=O) groups is 2. The second-order valence-corrected chi connectivity index (χ2v) is 8.55. The molecule has 30 heavy (non-hydrogen) atoms. The lowest BCUT2D eigenvalue weighted by Gasteiger charge is -2.43. The van der Waals surface area contributed by atoms with Crippen LogP contribution >= 0.6 is 24.0 Å². The Morgan fingerprint density at radius 2 is 1.93 bits per heavy atom. The summed E-state index contributed by atoms with van der Waals surface area (Å²) < 4.78 is 5.33. The van der Waals surface area contributed by atoms with Crippen LogP contribution in [-0.2, 0) is 14.3 Å². The molecule has 0 radical (unpaired) electrons. The summed E-state index contributed by atoms with van der Waals surface area (Å²) in [7, 11) is 0.